The Morgan fingerprint density at radius 3 is 2.88 bits per heavy atom. The predicted octanol–water partition coefficient (Wildman–Crippen LogP) is 2.74. The summed E-state index contributed by atoms with van der Waals surface area (Å²) in [7, 11) is 1.35. The zero-order valence-corrected chi connectivity index (χ0v) is 11.3. The van der Waals surface area contributed by atoms with Gasteiger partial charge in [-0.3, -0.25) is 0 Å². The van der Waals surface area contributed by atoms with E-state index in [1.807, 2.05) is 6.92 Å². The van der Waals surface area contributed by atoms with E-state index in [2.05, 4.69) is 4.74 Å². The van der Waals surface area contributed by atoms with Crippen LogP contribution in [-0.4, -0.2) is 30.0 Å². The Bertz CT molecular complexity index is 395. The van der Waals surface area contributed by atoms with Gasteiger partial charge in [0.05, 0.1) is 19.3 Å². The summed E-state index contributed by atoms with van der Waals surface area (Å²) in [5.74, 6) is 0.286. The number of esters is 1. The highest BCUT2D eigenvalue weighted by Gasteiger charge is 2.10. The summed E-state index contributed by atoms with van der Waals surface area (Å²) in [6.45, 7) is 2.06. The van der Waals surface area contributed by atoms with Crippen molar-refractivity contribution in [3.8, 4) is 0 Å². The molecule has 0 saturated heterocycles. The van der Waals surface area contributed by atoms with Gasteiger partial charge >= 0.3 is 5.97 Å². The Morgan fingerprint density at radius 2 is 2.29 bits per heavy atom. The van der Waals surface area contributed by atoms with Gasteiger partial charge in [-0.15, -0.1) is 0 Å². The summed E-state index contributed by atoms with van der Waals surface area (Å²) in [5.41, 5.74) is 1.36. The fraction of sp³-hybridized carbons (Fsp3) is 0.417. The molecule has 0 saturated carbocycles. The van der Waals surface area contributed by atoms with Gasteiger partial charge in [0.2, 0.25) is 0 Å². The summed E-state index contributed by atoms with van der Waals surface area (Å²) in [6.07, 6.45) is 0. The molecular formula is C12H15ClO3S. The number of aliphatic hydroxyl groups is 1. The van der Waals surface area contributed by atoms with Crippen molar-refractivity contribution in [3.63, 3.8) is 0 Å². The lowest BCUT2D eigenvalue weighted by molar-refractivity contribution is 0.0600. The number of aliphatic hydroxyl groups excluding tert-OH is 1. The van der Waals surface area contributed by atoms with Crippen molar-refractivity contribution in [1.82, 2.24) is 0 Å². The van der Waals surface area contributed by atoms with E-state index in [-0.39, 0.29) is 17.8 Å². The standard InChI is InChI=1S/C12H15ClO3S/c1-8(6-14)17-7-10-5-9(12(15)16-2)3-4-11(10)13/h3-5,8,14H,6-7H2,1-2H3. The van der Waals surface area contributed by atoms with Gasteiger partial charge in [0, 0.05) is 16.0 Å². The molecule has 0 aliphatic heterocycles. The molecule has 1 rings (SSSR count). The van der Waals surface area contributed by atoms with Crippen LogP contribution in [0.2, 0.25) is 5.02 Å². The second-order valence-electron chi connectivity index (χ2n) is 3.60. The summed E-state index contributed by atoms with van der Waals surface area (Å²) < 4.78 is 4.65. The van der Waals surface area contributed by atoms with E-state index >= 15 is 0 Å². The van der Waals surface area contributed by atoms with E-state index in [0.717, 1.165) is 5.56 Å². The lowest BCUT2D eigenvalue weighted by Gasteiger charge is -2.10. The number of methoxy groups -OCH3 is 1. The number of hydrogen-bond acceptors (Lipinski definition) is 4. The van der Waals surface area contributed by atoms with Gasteiger partial charge in [0.25, 0.3) is 0 Å². The third kappa shape index (κ3) is 4.22. The molecule has 0 bridgehead atoms. The third-order valence-electron chi connectivity index (χ3n) is 2.25. The van der Waals surface area contributed by atoms with Crippen molar-refractivity contribution >= 4 is 29.3 Å². The topological polar surface area (TPSA) is 46.5 Å². The molecule has 94 valence electrons. The quantitative estimate of drug-likeness (QED) is 0.839. The van der Waals surface area contributed by atoms with E-state index < -0.39 is 0 Å². The average Bonchev–Trinajstić information content (AvgIpc) is 2.36. The van der Waals surface area contributed by atoms with E-state index in [1.54, 1.807) is 30.0 Å². The van der Waals surface area contributed by atoms with Crippen molar-refractivity contribution in [2.45, 2.75) is 17.9 Å². The maximum absolute atomic E-state index is 11.4. The van der Waals surface area contributed by atoms with Crippen molar-refractivity contribution < 1.29 is 14.6 Å². The maximum Gasteiger partial charge on any atom is 0.337 e. The minimum atomic E-state index is -0.372. The van der Waals surface area contributed by atoms with E-state index in [0.29, 0.717) is 16.3 Å². The Hall–Kier alpha value is -0.710. The van der Waals surface area contributed by atoms with Crippen LogP contribution in [0.1, 0.15) is 22.8 Å². The fourth-order valence-electron chi connectivity index (χ4n) is 1.21. The van der Waals surface area contributed by atoms with E-state index in [1.165, 1.54) is 7.11 Å². The molecule has 0 aliphatic rings. The molecular weight excluding hydrogens is 260 g/mol. The first kappa shape index (κ1) is 14.4. The third-order valence-corrected chi connectivity index (χ3v) is 3.81. The number of carbonyl (C=O) groups is 1. The van der Waals surface area contributed by atoms with Crippen LogP contribution in [-0.2, 0) is 10.5 Å². The van der Waals surface area contributed by atoms with Crippen molar-refractivity contribution in [3.05, 3.63) is 34.3 Å². The van der Waals surface area contributed by atoms with Gasteiger partial charge in [-0.05, 0) is 23.8 Å². The highest BCUT2D eigenvalue weighted by Crippen LogP contribution is 2.25. The van der Waals surface area contributed by atoms with Crippen LogP contribution in [0.3, 0.4) is 0 Å². The molecule has 1 atom stereocenters. The summed E-state index contributed by atoms with van der Waals surface area (Å²) >= 11 is 7.63. The second-order valence-corrected chi connectivity index (χ2v) is 5.44. The molecule has 0 amide bonds. The molecule has 0 fully saturated rings. The average molecular weight is 275 g/mol. The number of benzene rings is 1. The lowest BCUT2D eigenvalue weighted by atomic mass is 10.1. The number of thioether (sulfide) groups is 1. The zero-order valence-electron chi connectivity index (χ0n) is 9.77. The Balaban J connectivity index is 2.80. The number of carbonyl (C=O) groups excluding carboxylic acids is 1. The molecule has 0 radical (unpaired) electrons. The normalized spacial score (nSPS) is 12.2. The Kier molecular flexibility index (Phi) is 5.82. The van der Waals surface area contributed by atoms with Crippen LogP contribution in [0.4, 0.5) is 0 Å². The largest absolute Gasteiger partial charge is 0.465 e. The molecule has 5 heteroatoms. The van der Waals surface area contributed by atoms with Crippen LogP contribution in [0.15, 0.2) is 18.2 Å². The van der Waals surface area contributed by atoms with E-state index in [4.69, 9.17) is 16.7 Å². The number of hydrogen-bond donors (Lipinski definition) is 1. The SMILES string of the molecule is COC(=O)c1ccc(Cl)c(CSC(C)CO)c1. The number of ether oxygens (including phenoxy) is 1. The van der Waals surface area contributed by atoms with Gasteiger partial charge in [-0.1, -0.05) is 18.5 Å². The molecule has 1 N–H and O–H groups in total. The molecule has 0 heterocycles. The molecule has 0 aliphatic carbocycles. The first-order chi connectivity index (χ1) is 8.08. The van der Waals surface area contributed by atoms with Gasteiger partial charge in [-0.2, -0.15) is 11.8 Å². The van der Waals surface area contributed by atoms with Gasteiger partial charge < -0.3 is 9.84 Å². The molecule has 0 aromatic heterocycles. The van der Waals surface area contributed by atoms with E-state index in [9.17, 15) is 4.79 Å². The summed E-state index contributed by atoms with van der Waals surface area (Å²) in [4.78, 5) is 11.4. The van der Waals surface area contributed by atoms with Crippen LogP contribution in [0.5, 0.6) is 0 Å². The van der Waals surface area contributed by atoms with Crippen LogP contribution < -0.4 is 0 Å². The second kappa shape index (κ2) is 6.89. The Morgan fingerprint density at radius 1 is 1.59 bits per heavy atom. The fourth-order valence-corrected chi connectivity index (χ4v) is 2.29. The number of rotatable bonds is 5. The summed E-state index contributed by atoms with van der Waals surface area (Å²) in [6, 6.07) is 5.05. The lowest BCUT2D eigenvalue weighted by Crippen LogP contribution is -2.04. The Labute approximate surface area is 110 Å². The maximum atomic E-state index is 11.4. The monoisotopic (exact) mass is 274 g/mol. The zero-order chi connectivity index (χ0) is 12.8. The molecule has 0 spiro atoms. The summed E-state index contributed by atoms with van der Waals surface area (Å²) in [5, 5.41) is 9.70. The molecule has 17 heavy (non-hydrogen) atoms. The first-order valence-electron chi connectivity index (χ1n) is 5.17. The van der Waals surface area contributed by atoms with Crippen LogP contribution in [0.25, 0.3) is 0 Å². The van der Waals surface area contributed by atoms with Crippen LogP contribution >= 0.6 is 23.4 Å². The molecule has 3 nitrogen and oxygen atoms in total. The predicted molar refractivity (Wildman–Crippen MR) is 70.6 cm³/mol. The number of halogens is 1. The molecule has 1 unspecified atom stereocenters. The van der Waals surface area contributed by atoms with Crippen LogP contribution in [0, 0.1) is 0 Å². The van der Waals surface area contributed by atoms with Gasteiger partial charge in [0.15, 0.2) is 0 Å². The molecule has 1 aromatic rings. The molecule has 1 aromatic carbocycles. The smallest absolute Gasteiger partial charge is 0.337 e. The highest BCUT2D eigenvalue weighted by molar-refractivity contribution is 7.99. The van der Waals surface area contributed by atoms with Gasteiger partial charge in [-0.25, -0.2) is 4.79 Å². The van der Waals surface area contributed by atoms with Gasteiger partial charge in [0.1, 0.15) is 0 Å². The van der Waals surface area contributed by atoms with Crippen molar-refractivity contribution in [2.75, 3.05) is 13.7 Å². The van der Waals surface area contributed by atoms with Crippen molar-refractivity contribution in [2.24, 2.45) is 0 Å². The highest BCUT2D eigenvalue weighted by atomic mass is 35.5. The minimum Gasteiger partial charge on any atom is -0.465 e. The minimum absolute atomic E-state index is 0.124. The van der Waals surface area contributed by atoms with Crippen molar-refractivity contribution in [1.29, 1.82) is 0 Å². The first-order valence-corrected chi connectivity index (χ1v) is 6.60.